The number of carbonyl (C=O) groups is 2. The molecule has 0 aliphatic heterocycles. The average molecular weight is 399 g/mol. The van der Waals surface area contributed by atoms with Crippen molar-refractivity contribution in [1.29, 1.82) is 0 Å². The number of hydrogen-bond acceptors (Lipinski definition) is 5. The summed E-state index contributed by atoms with van der Waals surface area (Å²) in [6, 6.07) is 11.7. The van der Waals surface area contributed by atoms with Crippen LogP contribution < -0.4 is 9.47 Å². The van der Waals surface area contributed by atoms with Gasteiger partial charge in [-0.2, -0.15) is 0 Å². The Morgan fingerprint density at radius 1 is 1.03 bits per heavy atom. The molecule has 0 fully saturated rings. The fourth-order valence-corrected chi connectivity index (χ4v) is 2.70. The van der Waals surface area contributed by atoms with Gasteiger partial charge in [-0.25, -0.2) is 14.2 Å². The van der Waals surface area contributed by atoms with E-state index in [9.17, 15) is 19.1 Å². The number of halogens is 1. The first-order valence-electron chi connectivity index (χ1n) is 8.77. The van der Waals surface area contributed by atoms with E-state index in [1.54, 1.807) is 31.2 Å². The van der Waals surface area contributed by atoms with Crippen LogP contribution in [-0.4, -0.2) is 40.3 Å². The second-order valence-electron chi connectivity index (χ2n) is 6.30. The van der Waals surface area contributed by atoms with Gasteiger partial charge in [0.25, 0.3) is 0 Å². The molecule has 0 amide bonds. The lowest BCUT2D eigenvalue weighted by molar-refractivity contribution is -0.138. The molecule has 0 saturated heterocycles. The second-order valence-corrected chi connectivity index (χ2v) is 6.30. The summed E-state index contributed by atoms with van der Waals surface area (Å²) in [6.07, 6.45) is 0. The van der Waals surface area contributed by atoms with Crippen LogP contribution in [0.3, 0.4) is 0 Å². The number of aliphatic carboxylic acids is 1. The molecule has 0 aliphatic rings. The number of carboxylic acids is 2. The number of fused-ring (bicyclic) bond motifs is 1. The molecule has 0 radical (unpaired) electrons. The zero-order valence-corrected chi connectivity index (χ0v) is 15.5. The molecule has 3 aromatic rings. The molecular formula is C21H18FNO6. The lowest BCUT2D eigenvalue weighted by atomic mass is 10.0. The largest absolute Gasteiger partial charge is 0.490 e. The SMILES string of the molecule is CC(C(=O)O)c1ccc(OCCOc2cc(C(=O)O)nc3ccc(F)cc23)cc1. The first kappa shape index (κ1) is 20.1. The first-order valence-corrected chi connectivity index (χ1v) is 8.77. The van der Waals surface area contributed by atoms with Crippen molar-refractivity contribution < 1.29 is 33.7 Å². The van der Waals surface area contributed by atoms with E-state index in [2.05, 4.69) is 4.98 Å². The predicted octanol–water partition coefficient (Wildman–Crippen LogP) is 3.72. The number of carboxylic acid groups (broad SMARTS) is 2. The van der Waals surface area contributed by atoms with Crippen LogP contribution in [0.4, 0.5) is 4.39 Å². The van der Waals surface area contributed by atoms with Crippen molar-refractivity contribution in [2.45, 2.75) is 12.8 Å². The number of rotatable bonds is 8. The third-order valence-electron chi connectivity index (χ3n) is 4.31. The molecule has 2 N–H and O–H groups in total. The molecule has 1 atom stereocenters. The van der Waals surface area contributed by atoms with Crippen LogP contribution in [0.2, 0.25) is 0 Å². The van der Waals surface area contributed by atoms with Crippen molar-refractivity contribution in [2.75, 3.05) is 13.2 Å². The predicted molar refractivity (Wildman–Crippen MR) is 102 cm³/mol. The molecule has 8 heteroatoms. The summed E-state index contributed by atoms with van der Waals surface area (Å²) in [5, 5.41) is 18.6. The highest BCUT2D eigenvalue weighted by atomic mass is 19.1. The van der Waals surface area contributed by atoms with Gasteiger partial charge in [-0.15, -0.1) is 0 Å². The summed E-state index contributed by atoms with van der Waals surface area (Å²) >= 11 is 0. The minimum atomic E-state index is -1.21. The van der Waals surface area contributed by atoms with Crippen LogP contribution in [0.5, 0.6) is 11.5 Å². The fourth-order valence-electron chi connectivity index (χ4n) is 2.70. The van der Waals surface area contributed by atoms with Crippen LogP contribution in [0.25, 0.3) is 10.9 Å². The molecule has 1 aromatic heterocycles. The lowest BCUT2D eigenvalue weighted by Crippen LogP contribution is -2.11. The Morgan fingerprint density at radius 3 is 2.38 bits per heavy atom. The number of pyridine rings is 1. The molecular weight excluding hydrogens is 381 g/mol. The van der Waals surface area contributed by atoms with Gasteiger partial charge in [0.2, 0.25) is 0 Å². The quantitative estimate of drug-likeness (QED) is 0.556. The summed E-state index contributed by atoms with van der Waals surface area (Å²) < 4.78 is 24.7. The van der Waals surface area contributed by atoms with Gasteiger partial charge in [0.05, 0.1) is 11.4 Å². The number of aromatic nitrogens is 1. The monoisotopic (exact) mass is 399 g/mol. The van der Waals surface area contributed by atoms with Gasteiger partial charge < -0.3 is 19.7 Å². The van der Waals surface area contributed by atoms with E-state index in [-0.39, 0.29) is 24.7 Å². The molecule has 7 nitrogen and oxygen atoms in total. The van der Waals surface area contributed by atoms with E-state index >= 15 is 0 Å². The van der Waals surface area contributed by atoms with Gasteiger partial charge in [-0.05, 0) is 42.8 Å². The molecule has 150 valence electrons. The molecule has 29 heavy (non-hydrogen) atoms. The Balaban J connectivity index is 1.66. The minimum Gasteiger partial charge on any atom is -0.490 e. The van der Waals surface area contributed by atoms with Crippen LogP contribution in [0.15, 0.2) is 48.5 Å². The van der Waals surface area contributed by atoms with E-state index in [0.717, 1.165) is 0 Å². The molecule has 0 aliphatic carbocycles. The first-order chi connectivity index (χ1) is 13.8. The third kappa shape index (κ3) is 4.78. The van der Waals surface area contributed by atoms with Crippen molar-refractivity contribution >= 4 is 22.8 Å². The Kier molecular flexibility index (Phi) is 5.92. The summed E-state index contributed by atoms with van der Waals surface area (Å²) in [7, 11) is 0. The Morgan fingerprint density at radius 2 is 1.72 bits per heavy atom. The van der Waals surface area contributed by atoms with Gasteiger partial charge >= 0.3 is 11.9 Å². The van der Waals surface area contributed by atoms with Crippen molar-refractivity contribution in [2.24, 2.45) is 0 Å². The zero-order chi connectivity index (χ0) is 21.0. The average Bonchev–Trinajstić information content (AvgIpc) is 2.70. The van der Waals surface area contributed by atoms with Gasteiger partial charge in [0.15, 0.2) is 5.69 Å². The topological polar surface area (TPSA) is 106 Å². The Labute approximate surface area is 165 Å². The fraction of sp³-hybridized carbons (Fsp3) is 0.190. The highest BCUT2D eigenvalue weighted by Crippen LogP contribution is 2.26. The standard InChI is InChI=1S/C21H18FNO6/c1-12(20(24)25)13-2-5-15(6-3-13)28-8-9-29-19-11-18(21(26)27)23-17-7-4-14(22)10-16(17)19/h2-7,10-12H,8-9H2,1H3,(H,24,25)(H,26,27). The maximum absolute atomic E-state index is 13.6. The number of aromatic carboxylic acids is 1. The van der Waals surface area contributed by atoms with Crippen LogP contribution in [-0.2, 0) is 4.79 Å². The van der Waals surface area contributed by atoms with Crippen molar-refractivity contribution in [3.63, 3.8) is 0 Å². The van der Waals surface area contributed by atoms with E-state index < -0.39 is 23.7 Å². The Bertz CT molecular complexity index is 1050. The highest BCUT2D eigenvalue weighted by molar-refractivity contribution is 5.93. The second kappa shape index (κ2) is 8.55. The number of hydrogen-bond donors (Lipinski definition) is 2. The molecule has 0 bridgehead atoms. The summed E-state index contributed by atoms with van der Waals surface area (Å²) in [5.41, 5.74) is 0.765. The van der Waals surface area contributed by atoms with E-state index in [4.69, 9.17) is 14.6 Å². The van der Waals surface area contributed by atoms with Crippen LogP contribution in [0, 0.1) is 5.82 Å². The van der Waals surface area contributed by atoms with Gasteiger partial charge in [-0.1, -0.05) is 12.1 Å². The number of ether oxygens (including phenoxy) is 2. The third-order valence-corrected chi connectivity index (χ3v) is 4.31. The van der Waals surface area contributed by atoms with E-state index in [0.29, 0.717) is 22.2 Å². The maximum atomic E-state index is 13.6. The van der Waals surface area contributed by atoms with Gasteiger partial charge in [-0.3, -0.25) is 4.79 Å². The van der Waals surface area contributed by atoms with Gasteiger partial charge in [0, 0.05) is 11.5 Å². The number of benzene rings is 2. The molecule has 1 heterocycles. The highest BCUT2D eigenvalue weighted by Gasteiger charge is 2.14. The van der Waals surface area contributed by atoms with Crippen molar-refractivity contribution in [1.82, 2.24) is 4.98 Å². The van der Waals surface area contributed by atoms with Crippen LogP contribution in [0.1, 0.15) is 28.9 Å². The molecule has 1 unspecified atom stereocenters. The molecule has 3 rings (SSSR count). The smallest absolute Gasteiger partial charge is 0.354 e. The normalized spacial score (nSPS) is 11.8. The maximum Gasteiger partial charge on any atom is 0.354 e. The Hall–Kier alpha value is -3.68. The van der Waals surface area contributed by atoms with Crippen molar-refractivity contribution in [3.05, 3.63) is 65.6 Å². The minimum absolute atomic E-state index is 0.0853. The lowest BCUT2D eigenvalue weighted by Gasteiger charge is -2.12. The van der Waals surface area contributed by atoms with Crippen molar-refractivity contribution in [3.8, 4) is 11.5 Å². The van der Waals surface area contributed by atoms with Gasteiger partial charge in [0.1, 0.15) is 30.5 Å². The van der Waals surface area contributed by atoms with Crippen LogP contribution >= 0.6 is 0 Å². The van der Waals surface area contributed by atoms with E-state index in [1.807, 2.05) is 0 Å². The summed E-state index contributed by atoms with van der Waals surface area (Å²) in [5.74, 6) is -2.50. The molecule has 0 saturated carbocycles. The molecule has 2 aromatic carbocycles. The zero-order valence-electron chi connectivity index (χ0n) is 15.5. The summed E-state index contributed by atoms with van der Waals surface area (Å²) in [4.78, 5) is 26.2. The summed E-state index contributed by atoms with van der Waals surface area (Å²) in [6.45, 7) is 1.83. The van der Waals surface area contributed by atoms with E-state index in [1.165, 1.54) is 24.3 Å². The molecule has 0 spiro atoms. The number of nitrogens with zero attached hydrogens (tertiary/aromatic N) is 1.